The molecule has 18 heavy (non-hydrogen) atoms. The Hall–Kier alpha value is -1.10. The van der Waals surface area contributed by atoms with Crippen LogP contribution in [-0.2, 0) is 14.3 Å². The highest BCUT2D eigenvalue weighted by Crippen LogP contribution is 2.38. The van der Waals surface area contributed by atoms with Crippen LogP contribution in [0.15, 0.2) is 0 Å². The van der Waals surface area contributed by atoms with E-state index in [1.54, 1.807) is 0 Å². The average Bonchev–Trinajstić information content (AvgIpc) is 2.63. The SMILES string of the molecule is CCCC(C)C(=O)NCC1OC(=O)CC12CNC2. The quantitative estimate of drug-likeness (QED) is 0.699. The molecule has 0 radical (unpaired) electrons. The average molecular weight is 254 g/mol. The Morgan fingerprint density at radius 3 is 2.89 bits per heavy atom. The number of amides is 1. The van der Waals surface area contributed by atoms with E-state index in [0.29, 0.717) is 13.0 Å². The second-order valence-electron chi connectivity index (χ2n) is 5.56. The molecule has 2 N–H and O–H groups in total. The first-order valence-electron chi connectivity index (χ1n) is 6.75. The molecule has 5 heteroatoms. The molecule has 2 rings (SSSR count). The zero-order chi connectivity index (χ0) is 13.2. The molecule has 2 aliphatic heterocycles. The number of rotatable bonds is 5. The molecular formula is C13H22N2O3. The predicted octanol–water partition coefficient (Wildman–Crippen LogP) is 0.444. The van der Waals surface area contributed by atoms with Crippen LogP contribution in [0.4, 0.5) is 0 Å². The number of hydrogen-bond donors (Lipinski definition) is 2. The molecule has 1 amide bonds. The Morgan fingerprint density at radius 1 is 1.61 bits per heavy atom. The largest absolute Gasteiger partial charge is 0.460 e. The van der Waals surface area contributed by atoms with Crippen molar-refractivity contribution in [3.05, 3.63) is 0 Å². The van der Waals surface area contributed by atoms with Crippen LogP contribution in [0.5, 0.6) is 0 Å². The molecular weight excluding hydrogens is 232 g/mol. The van der Waals surface area contributed by atoms with Crippen LogP contribution >= 0.6 is 0 Å². The van der Waals surface area contributed by atoms with Gasteiger partial charge in [0.2, 0.25) is 5.91 Å². The fourth-order valence-corrected chi connectivity index (χ4v) is 2.72. The Bertz CT molecular complexity index is 339. The molecule has 0 aromatic heterocycles. The molecule has 2 aliphatic rings. The van der Waals surface area contributed by atoms with Crippen molar-refractivity contribution in [2.24, 2.45) is 11.3 Å². The Labute approximate surface area is 108 Å². The van der Waals surface area contributed by atoms with Crippen molar-refractivity contribution in [1.82, 2.24) is 10.6 Å². The molecule has 2 unspecified atom stereocenters. The second kappa shape index (κ2) is 5.26. The van der Waals surface area contributed by atoms with Crippen molar-refractivity contribution < 1.29 is 14.3 Å². The predicted molar refractivity (Wildman–Crippen MR) is 66.9 cm³/mol. The summed E-state index contributed by atoms with van der Waals surface area (Å²) in [6.45, 7) is 6.06. The van der Waals surface area contributed by atoms with Crippen LogP contribution in [0.3, 0.4) is 0 Å². The molecule has 2 saturated heterocycles. The molecule has 0 saturated carbocycles. The summed E-state index contributed by atoms with van der Waals surface area (Å²) < 4.78 is 5.32. The van der Waals surface area contributed by atoms with Gasteiger partial charge in [-0.2, -0.15) is 0 Å². The van der Waals surface area contributed by atoms with Crippen LogP contribution < -0.4 is 10.6 Å². The van der Waals surface area contributed by atoms with Gasteiger partial charge >= 0.3 is 5.97 Å². The summed E-state index contributed by atoms with van der Waals surface area (Å²) in [4.78, 5) is 23.2. The summed E-state index contributed by atoms with van der Waals surface area (Å²) in [6.07, 6.45) is 2.21. The molecule has 0 aromatic rings. The van der Waals surface area contributed by atoms with Gasteiger partial charge in [0.05, 0.1) is 13.0 Å². The van der Waals surface area contributed by atoms with Gasteiger partial charge < -0.3 is 15.4 Å². The van der Waals surface area contributed by atoms with Crippen molar-refractivity contribution in [1.29, 1.82) is 0 Å². The summed E-state index contributed by atoms with van der Waals surface area (Å²) in [6, 6.07) is 0. The lowest BCUT2D eigenvalue weighted by Crippen LogP contribution is -2.60. The third-order valence-electron chi connectivity index (χ3n) is 4.04. The molecule has 0 bridgehead atoms. The lowest BCUT2D eigenvalue weighted by atomic mass is 9.75. The molecule has 0 aromatic carbocycles. The molecule has 1 spiro atoms. The topological polar surface area (TPSA) is 67.4 Å². The maximum absolute atomic E-state index is 11.8. The number of carbonyl (C=O) groups excluding carboxylic acids is 2. The Morgan fingerprint density at radius 2 is 2.33 bits per heavy atom. The molecule has 5 nitrogen and oxygen atoms in total. The first-order chi connectivity index (χ1) is 8.57. The van der Waals surface area contributed by atoms with Crippen LogP contribution in [0.25, 0.3) is 0 Å². The minimum absolute atomic E-state index is 0.0302. The number of cyclic esters (lactones) is 1. The fourth-order valence-electron chi connectivity index (χ4n) is 2.72. The number of nitrogens with one attached hydrogen (secondary N) is 2. The summed E-state index contributed by atoms with van der Waals surface area (Å²) in [7, 11) is 0. The summed E-state index contributed by atoms with van der Waals surface area (Å²) in [5, 5.41) is 6.09. The molecule has 2 fully saturated rings. The summed E-state index contributed by atoms with van der Waals surface area (Å²) in [5.41, 5.74) is -0.0711. The standard InChI is InChI=1S/C13H22N2O3/c1-3-4-9(2)12(17)15-6-10-13(7-14-8-13)5-11(16)18-10/h9-10,14H,3-8H2,1-2H3,(H,15,17). The van der Waals surface area contributed by atoms with E-state index in [9.17, 15) is 9.59 Å². The van der Waals surface area contributed by atoms with Crippen LogP contribution in [-0.4, -0.2) is 37.6 Å². The third-order valence-corrected chi connectivity index (χ3v) is 4.04. The molecule has 2 heterocycles. The van der Waals surface area contributed by atoms with Crippen LogP contribution in [0, 0.1) is 11.3 Å². The second-order valence-corrected chi connectivity index (χ2v) is 5.56. The number of carbonyl (C=O) groups is 2. The maximum atomic E-state index is 11.8. The zero-order valence-corrected chi connectivity index (χ0v) is 11.1. The van der Waals surface area contributed by atoms with E-state index in [0.717, 1.165) is 25.9 Å². The van der Waals surface area contributed by atoms with E-state index in [-0.39, 0.29) is 29.3 Å². The normalized spacial score (nSPS) is 26.6. The van der Waals surface area contributed by atoms with E-state index in [1.807, 2.05) is 6.92 Å². The summed E-state index contributed by atoms with van der Waals surface area (Å²) >= 11 is 0. The van der Waals surface area contributed by atoms with Gasteiger partial charge in [0.15, 0.2) is 0 Å². The highest BCUT2D eigenvalue weighted by atomic mass is 16.6. The monoisotopic (exact) mass is 254 g/mol. The van der Waals surface area contributed by atoms with Crippen LogP contribution in [0.1, 0.15) is 33.1 Å². The first-order valence-corrected chi connectivity index (χ1v) is 6.75. The van der Waals surface area contributed by atoms with Crippen molar-refractivity contribution in [3.8, 4) is 0 Å². The fraction of sp³-hybridized carbons (Fsp3) is 0.846. The van der Waals surface area contributed by atoms with E-state index < -0.39 is 0 Å². The van der Waals surface area contributed by atoms with Crippen molar-refractivity contribution >= 4 is 11.9 Å². The van der Waals surface area contributed by atoms with Crippen LogP contribution in [0.2, 0.25) is 0 Å². The highest BCUT2D eigenvalue weighted by Gasteiger charge is 2.52. The third kappa shape index (κ3) is 2.51. The minimum Gasteiger partial charge on any atom is -0.460 e. The van der Waals surface area contributed by atoms with Gasteiger partial charge in [-0.1, -0.05) is 20.3 Å². The van der Waals surface area contributed by atoms with Crippen molar-refractivity contribution in [3.63, 3.8) is 0 Å². The van der Waals surface area contributed by atoms with Gasteiger partial charge in [-0.3, -0.25) is 9.59 Å². The Kier molecular flexibility index (Phi) is 3.90. The molecule has 0 aliphatic carbocycles. The summed E-state index contributed by atoms with van der Waals surface area (Å²) in [5.74, 6) is -0.0536. The minimum atomic E-state index is -0.163. The molecule has 102 valence electrons. The van der Waals surface area contributed by atoms with Gasteiger partial charge in [0.25, 0.3) is 0 Å². The van der Waals surface area contributed by atoms with E-state index in [1.165, 1.54) is 0 Å². The number of ether oxygens (including phenoxy) is 1. The van der Waals surface area contributed by atoms with Gasteiger partial charge in [0, 0.05) is 24.4 Å². The van der Waals surface area contributed by atoms with Gasteiger partial charge in [-0.05, 0) is 6.42 Å². The van der Waals surface area contributed by atoms with E-state index >= 15 is 0 Å². The Balaban J connectivity index is 1.82. The smallest absolute Gasteiger partial charge is 0.306 e. The lowest BCUT2D eigenvalue weighted by Gasteiger charge is -2.41. The number of hydrogen-bond acceptors (Lipinski definition) is 4. The van der Waals surface area contributed by atoms with Gasteiger partial charge in [-0.25, -0.2) is 0 Å². The first kappa shape index (κ1) is 13.3. The lowest BCUT2D eigenvalue weighted by molar-refractivity contribution is -0.142. The zero-order valence-electron chi connectivity index (χ0n) is 11.1. The highest BCUT2D eigenvalue weighted by molar-refractivity contribution is 5.78. The van der Waals surface area contributed by atoms with E-state index in [2.05, 4.69) is 17.6 Å². The maximum Gasteiger partial charge on any atom is 0.306 e. The van der Waals surface area contributed by atoms with Gasteiger partial charge in [0.1, 0.15) is 6.10 Å². The van der Waals surface area contributed by atoms with Crippen molar-refractivity contribution in [2.45, 2.75) is 39.2 Å². The number of esters is 1. The molecule has 2 atom stereocenters. The van der Waals surface area contributed by atoms with Gasteiger partial charge in [-0.15, -0.1) is 0 Å². The van der Waals surface area contributed by atoms with E-state index in [4.69, 9.17) is 4.74 Å². The van der Waals surface area contributed by atoms with Crippen molar-refractivity contribution in [2.75, 3.05) is 19.6 Å².